The molecule has 166 valence electrons. The van der Waals surface area contributed by atoms with Gasteiger partial charge < -0.3 is 25.7 Å². The Morgan fingerprint density at radius 1 is 1.32 bits per heavy atom. The number of aromatic nitrogens is 2. The maximum absolute atomic E-state index is 7.71. The zero-order chi connectivity index (χ0) is 21.4. The molecule has 6 rings (SSSR count). The number of ether oxygens (including phenoxy) is 1. The van der Waals surface area contributed by atoms with Crippen LogP contribution in [-0.4, -0.2) is 55.4 Å². The summed E-state index contributed by atoms with van der Waals surface area (Å²) in [5.41, 5.74) is 4.00. The van der Waals surface area contributed by atoms with Gasteiger partial charge in [-0.05, 0) is 43.2 Å². The van der Waals surface area contributed by atoms with Crippen molar-refractivity contribution in [1.82, 2.24) is 15.1 Å². The molecule has 0 radical (unpaired) electrons. The zero-order valence-corrected chi connectivity index (χ0v) is 18.8. The highest BCUT2D eigenvalue weighted by Crippen LogP contribution is 2.72. The lowest BCUT2D eigenvalue weighted by molar-refractivity contribution is 0.188. The van der Waals surface area contributed by atoms with Crippen LogP contribution in [0.4, 0.5) is 17.1 Å². The van der Waals surface area contributed by atoms with Crippen LogP contribution >= 0.6 is 11.6 Å². The van der Waals surface area contributed by atoms with Gasteiger partial charge in [-0.3, -0.25) is 4.68 Å². The van der Waals surface area contributed by atoms with Gasteiger partial charge in [0, 0.05) is 63.1 Å². The summed E-state index contributed by atoms with van der Waals surface area (Å²) in [6.45, 7) is 7.98. The predicted octanol–water partition coefficient (Wildman–Crippen LogP) is 3.85. The second kappa shape index (κ2) is 8.45. The number of benzene rings is 1. The van der Waals surface area contributed by atoms with Crippen LogP contribution in [-0.2, 0) is 10.3 Å². The van der Waals surface area contributed by atoms with Crippen LogP contribution < -0.4 is 15.5 Å². The predicted molar refractivity (Wildman–Crippen MR) is 125 cm³/mol. The molecule has 2 aliphatic carbocycles. The Hall–Kier alpha value is -2.09. The normalized spacial score (nSPS) is 28.4. The molecule has 7 nitrogen and oxygen atoms in total. The van der Waals surface area contributed by atoms with E-state index >= 15 is 0 Å². The molecular weight excluding hydrogens is 412 g/mol. The highest BCUT2D eigenvalue weighted by atomic mass is 35.5. The Bertz CT molecular complexity index is 942. The minimum atomic E-state index is 0.344. The van der Waals surface area contributed by atoms with Gasteiger partial charge >= 0.3 is 0 Å². The lowest BCUT2D eigenvalue weighted by Crippen LogP contribution is -2.43. The molecular formula is C23H31ClN6O. The molecule has 2 saturated heterocycles. The van der Waals surface area contributed by atoms with Gasteiger partial charge in [0.15, 0.2) is 0 Å². The molecule has 8 heteroatoms. The number of nitrogens with zero attached hydrogens (tertiary/aromatic N) is 3. The molecule has 1 atom stereocenters. The fraction of sp³-hybridized carbons (Fsp3) is 0.565. The van der Waals surface area contributed by atoms with Crippen molar-refractivity contribution in [2.45, 2.75) is 31.7 Å². The van der Waals surface area contributed by atoms with Crippen LogP contribution in [0.15, 0.2) is 24.5 Å². The van der Waals surface area contributed by atoms with Gasteiger partial charge in [0.2, 0.25) is 0 Å². The number of hydrogen-bond acceptors (Lipinski definition) is 6. The third-order valence-electron chi connectivity index (χ3n) is 6.85. The van der Waals surface area contributed by atoms with Gasteiger partial charge in [-0.15, -0.1) is 0 Å². The summed E-state index contributed by atoms with van der Waals surface area (Å²) in [6.07, 6.45) is 9.10. The summed E-state index contributed by atoms with van der Waals surface area (Å²) in [4.78, 5) is 2.29. The second-order valence-corrected chi connectivity index (χ2v) is 9.66. The highest BCUT2D eigenvalue weighted by molar-refractivity contribution is 6.33. The largest absolute Gasteiger partial charge is 0.381 e. The van der Waals surface area contributed by atoms with E-state index in [1.165, 1.54) is 25.5 Å². The maximum Gasteiger partial charge on any atom is 0.0770 e. The number of nitrogens with one attached hydrogen (secondary N) is 3. The molecule has 0 bridgehead atoms. The Morgan fingerprint density at radius 3 is 2.68 bits per heavy atom. The lowest BCUT2D eigenvalue weighted by Gasteiger charge is -2.30. The van der Waals surface area contributed by atoms with Crippen LogP contribution in [0.5, 0.6) is 0 Å². The average molecular weight is 443 g/mol. The van der Waals surface area contributed by atoms with E-state index in [4.69, 9.17) is 21.7 Å². The smallest absolute Gasteiger partial charge is 0.0770 e. The maximum atomic E-state index is 7.71. The molecule has 3 N–H and O–H groups in total. The first-order valence-electron chi connectivity index (χ1n) is 11.3. The first-order valence-corrected chi connectivity index (χ1v) is 11.7. The standard InChI is InChI=1S/C18H21ClN6.C5H10O/c19-15-5-12(9-20)16(6-17(15)24-3-1-21-2-4-24)23-14-10-22-25(11-14)18-7-13(18)8-18;1-5-2-3-6-4-5/h5-6,9-11,13,20-21,23H,1-4,7-8H2;5H,2-4H2,1H3. The molecule has 1 aromatic carbocycles. The van der Waals surface area contributed by atoms with Crippen LogP contribution in [0.3, 0.4) is 0 Å². The summed E-state index contributed by atoms with van der Waals surface area (Å²) >= 11 is 6.48. The molecule has 0 amide bonds. The fourth-order valence-electron chi connectivity index (χ4n) is 4.44. The van der Waals surface area contributed by atoms with Crippen LogP contribution in [0.2, 0.25) is 5.02 Å². The summed E-state index contributed by atoms with van der Waals surface area (Å²) in [5, 5.41) is 19.7. The van der Waals surface area contributed by atoms with Crippen molar-refractivity contribution in [3.8, 4) is 0 Å². The van der Waals surface area contributed by atoms with E-state index in [0.717, 1.165) is 73.9 Å². The number of halogens is 1. The van der Waals surface area contributed by atoms with Gasteiger partial charge in [-0.25, -0.2) is 0 Å². The average Bonchev–Trinajstić information content (AvgIpc) is 3.49. The van der Waals surface area contributed by atoms with E-state index in [2.05, 4.69) is 44.5 Å². The summed E-state index contributed by atoms with van der Waals surface area (Å²) < 4.78 is 7.17. The zero-order valence-electron chi connectivity index (χ0n) is 18.0. The second-order valence-electron chi connectivity index (χ2n) is 9.25. The Labute approximate surface area is 188 Å². The topological polar surface area (TPSA) is 78.2 Å². The Kier molecular flexibility index (Phi) is 5.67. The van der Waals surface area contributed by atoms with Gasteiger partial charge in [0.1, 0.15) is 0 Å². The Morgan fingerprint density at radius 2 is 2.10 bits per heavy atom. The van der Waals surface area contributed by atoms with Crippen molar-refractivity contribution in [1.29, 1.82) is 5.41 Å². The quantitative estimate of drug-likeness (QED) is 0.613. The van der Waals surface area contributed by atoms with Gasteiger partial charge in [-0.2, -0.15) is 5.10 Å². The third-order valence-corrected chi connectivity index (χ3v) is 7.15. The van der Waals surface area contributed by atoms with Crippen LogP contribution in [0.1, 0.15) is 31.7 Å². The molecule has 2 aliphatic heterocycles. The summed E-state index contributed by atoms with van der Waals surface area (Å²) in [7, 11) is 0. The van der Waals surface area contributed by atoms with Gasteiger partial charge in [0.05, 0.1) is 28.1 Å². The molecule has 3 heterocycles. The number of fused-ring (bicyclic) bond motifs is 1. The molecule has 0 spiro atoms. The summed E-state index contributed by atoms with van der Waals surface area (Å²) in [5.74, 6) is 1.68. The van der Waals surface area contributed by atoms with Crippen molar-refractivity contribution < 1.29 is 4.74 Å². The summed E-state index contributed by atoms with van der Waals surface area (Å²) in [6, 6.07) is 3.93. The van der Waals surface area contributed by atoms with E-state index in [-0.39, 0.29) is 0 Å². The first-order chi connectivity index (χ1) is 15.1. The van der Waals surface area contributed by atoms with E-state index in [0.29, 0.717) is 10.6 Å². The van der Waals surface area contributed by atoms with Crippen molar-refractivity contribution in [2.75, 3.05) is 49.6 Å². The van der Waals surface area contributed by atoms with Crippen molar-refractivity contribution in [3.63, 3.8) is 0 Å². The Balaban J connectivity index is 0.000000296. The molecule has 1 aromatic heterocycles. The van der Waals surface area contributed by atoms with Crippen LogP contribution in [0.25, 0.3) is 0 Å². The fourth-order valence-corrected chi connectivity index (χ4v) is 4.73. The van der Waals surface area contributed by atoms with Crippen LogP contribution in [0, 0.1) is 17.2 Å². The van der Waals surface area contributed by atoms with E-state index < -0.39 is 0 Å². The molecule has 2 aromatic rings. The van der Waals surface area contributed by atoms with Crippen molar-refractivity contribution >= 4 is 34.9 Å². The highest BCUT2D eigenvalue weighted by Gasteiger charge is 2.72. The SMILES string of the molecule is CC1CCOC1.N=Cc1cc(Cl)c(N2CCNCC2)cc1Nc1cnn(C23CC2C3)c1. The van der Waals surface area contributed by atoms with Gasteiger partial charge in [0.25, 0.3) is 0 Å². The van der Waals surface area contributed by atoms with E-state index in [1.807, 2.05) is 12.3 Å². The number of rotatable bonds is 5. The molecule has 1 unspecified atom stereocenters. The number of anilines is 3. The third kappa shape index (κ3) is 4.31. The number of piperazine rings is 1. The number of hydrogen-bond donors (Lipinski definition) is 3. The monoisotopic (exact) mass is 442 g/mol. The molecule has 4 aliphatic rings. The van der Waals surface area contributed by atoms with Gasteiger partial charge in [-0.1, -0.05) is 18.5 Å². The molecule has 31 heavy (non-hydrogen) atoms. The molecule has 2 saturated carbocycles. The van der Waals surface area contributed by atoms with Crippen molar-refractivity contribution in [2.24, 2.45) is 11.8 Å². The van der Waals surface area contributed by atoms with E-state index in [1.54, 1.807) is 0 Å². The first kappa shape index (κ1) is 20.8. The molecule has 4 fully saturated rings. The minimum Gasteiger partial charge on any atom is -0.381 e. The van der Waals surface area contributed by atoms with E-state index in [9.17, 15) is 0 Å². The van der Waals surface area contributed by atoms with Crippen molar-refractivity contribution in [3.05, 3.63) is 35.1 Å². The minimum absolute atomic E-state index is 0.344. The lowest BCUT2D eigenvalue weighted by atomic mass is 10.1.